The lowest BCUT2D eigenvalue weighted by Crippen LogP contribution is -2.07. The Bertz CT molecular complexity index is 1260. The Morgan fingerprint density at radius 2 is 1.77 bits per heavy atom. The Morgan fingerprint density at radius 1 is 1.07 bits per heavy atom. The van der Waals surface area contributed by atoms with Crippen LogP contribution >= 0.6 is 0 Å². The van der Waals surface area contributed by atoms with Gasteiger partial charge in [0.1, 0.15) is 5.75 Å². The van der Waals surface area contributed by atoms with Crippen molar-refractivity contribution in [1.82, 2.24) is 4.57 Å². The summed E-state index contributed by atoms with van der Waals surface area (Å²) in [6.45, 7) is 4.69. The van der Waals surface area contributed by atoms with Crippen LogP contribution in [0.5, 0.6) is 5.75 Å². The van der Waals surface area contributed by atoms with Gasteiger partial charge in [-0.1, -0.05) is 60.2 Å². The van der Waals surface area contributed by atoms with Crippen molar-refractivity contribution < 1.29 is 14.6 Å². The van der Waals surface area contributed by atoms with E-state index < -0.39 is 5.97 Å². The normalized spacial score (nSPS) is 11.0. The van der Waals surface area contributed by atoms with Crippen LogP contribution in [-0.2, 0) is 17.7 Å². The third-order valence-corrected chi connectivity index (χ3v) is 5.42. The average molecular weight is 399 g/mol. The van der Waals surface area contributed by atoms with Crippen molar-refractivity contribution in [1.29, 1.82) is 0 Å². The molecule has 30 heavy (non-hydrogen) atoms. The Morgan fingerprint density at radius 3 is 2.47 bits per heavy atom. The van der Waals surface area contributed by atoms with Gasteiger partial charge in [-0.15, -0.1) is 0 Å². The predicted octanol–water partition coefficient (Wildman–Crippen LogP) is 5.84. The smallest absolute Gasteiger partial charge is 0.338 e. The van der Waals surface area contributed by atoms with Gasteiger partial charge in [0, 0.05) is 22.8 Å². The number of aromatic hydroxyl groups is 1. The minimum absolute atomic E-state index is 0.0819. The summed E-state index contributed by atoms with van der Waals surface area (Å²) in [6, 6.07) is 19.8. The van der Waals surface area contributed by atoms with E-state index in [0.29, 0.717) is 18.5 Å². The van der Waals surface area contributed by atoms with Crippen molar-refractivity contribution in [2.45, 2.75) is 26.8 Å². The van der Waals surface area contributed by atoms with Gasteiger partial charge in [-0.05, 0) is 43.5 Å². The topological polar surface area (TPSA) is 51.5 Å². The number of ether oxygens (including phenoxy) is 1. The molecule has 0 aliphatic carbocycles. The van der Waals surface area contributed by atoms with Gasteiger partial charge < -0.3 is 14.4 Å². The first-order valence-electron chi connectivity index (χ1n) is 10.0. The predicted molar refractivity (Wildman–Crippen MR) is 121 cm³/mol. The summed E-state index contributed by atoms with van der Waals surface area (Å²) in [7, 11) is 1.37. The standard InChI is InChI=1S/C26H25NO3/c1-17(2)13-14-19-21(26(29)30-3)15-23(28)25-24(19)20-11-7-8-12-22(20)27(25)16-18-9-5-4-6-10-18/h4-13,15,28H,14,16H2,1-3H3. The van der Waals surface area contributed by atoms with Gasteiger partial charge in [0.05, 0.1) is 18.2 Å². The Balaban J connectivity index is 2.09. The number of phenolic OH excluding ortho intramolecular Hbond substituents is 1. The second-order valence-electron chi connectivity index (χ2n) is 7.71. The number of esters is 1. The molecular formula is C26H25NO3. The zero-order valence-electron chi connectivity index (χ0n) is 17.5. The van der Waals surface area contributed by atoms with E-state index in [0.717, 1.165) is 32.9 Å². The quantitative estimate of drug-likeness (QED) is 0.339. The fourth-order valence-electron chi connectivity index (χ4n) is 4.04. The van der Waals surface area contributed by atoms with Crippen molar-refractivity contribution in [2.24, 2.45) is 0 Å². The molecule has 0 atom stereocenters. The molecule has 4 aromatic rings. The third-order valence-electron chi connectivity index (χ3n) is 5.42. The summed E-state index contributed by atoms with van der Waals surface area (Å²) in [5.74, 6) is -0.359. The van der Waals surface area contributed by atoms with E-state index >= 15 is 0 Å². The Kier molecular flexibility index (Phi) is 5.32. The van der Waals surface area contributed by atoms with Crippen molar-refractivity contribution in [3.8, 4) is 5.75 Å². The largest absolute Gasteiger partial charge is 0.506 e. The van der Waals surface area contributed by atoms with Crippen LogP contribution in [0, 0.1) is 0 Å². The lowest BCUT2D eigenvalue weighted by Gasteiger charge is -2.13. The first-order valence-corrected chi connectivity index (χ1v) is 10.0. The van der Waals surface area contributed by atoms with E-state index in [1.54, 1.807) is 6.07 Å². The number of methoxy groups -OCH3 is 1. The number of carbonyl (C=O) groups excluding carboxylic acids is 1. The molecule has 3 aromatic carbocycles. The number of benzene rings is 3. The zero-order chi connectivity index (χ0) is 21.3. The van der Waals surface area contributed by atoms with Crippen LogP contribution in [0.1, 0.15) is 35.3 Å². The first kappa shape index (κ1) is 19.8. The van der Waals surface area contributed by atoms with Gasteiger partial charge in [0.2, 0.25) is 0 Å². The van der Waals surface area contributed by atoms with Gasteiger partial charge in [-0.2, -0.15) is 0 Å². The summed E-state index contributed by atoms with van der Waals surface area (Å²) in [5.41, 5.74) is 5.35. The van der Waals surface area contributed by atoms with Crippen LogP contribution in [0.15, 0.2) is 72.3 Å². The molecule has 4 nitrogen and oxygen atoms in total. The molecule has 0 fully saturated rings. The SMILES string of the molecule is COC(=O)c1cc(O)c2c(c1CC=C(C)C)c1ccccc1n2Cc1ccccc1. The maximum absolute atomic E-state index is 12.5. The molecule has 1 aromatic heterocycles. The maximum Gasteiger partial charge on any atom is 0.338 e. The van der Waals surface area contributed by atoms with E-state index in [-0.39, 0.29) is 5.75 Å². The van der Waals surface area contributed by atoms with E-state index in [2.05, 4.69) is 28.8 Å². The molecule has 0 saturated heterocycles. The highest BCUT2D eigenvalue weighted by Gasteiger charge is 2.23. The van der Waals surface area contributed by atoms with Gasteiger partial charge in [-0.3, -0.25) is 0 Å². The average Bonchev–Trinajstić information content (AvgIpc) is 3.08. The van der Waals surface area contributed by atoms with Crippen LogP contribution in [0.2, 0.25) is 0 Å². The van der Waals surface area contributed by atoms with Crippen LogP contribution < -0.4 is 0 Å². The number of phenols is 1. The number of nitrogens with zero attached hydrogens (tertiary/aromatic N) is 1. The van der Waals surface area contributed by atoms with Crippen LogP contribution in [0.3, 0.4) is 0 Å². The molecule has 152 valence electrons. The lowest BCUT2D eigenvalue weighted by molar-refractivity contribution is 0.0599. The highest BCUT2D eigenvalue weighted by Crippen LogP contribution is 2.39. The summed E-state index contributed by atoms with van der Waals surface area (Å²) in [4.78, 5) is 12.5. The van der Waals surface area contributed by atoms with E-state index in [9.17, 15) is 9.90 Å². The minimum Gasteiger partial charge on any atom is -0.506 e. The number of hydrogen-bond donors (Lipinski definition) is 1. The zero-order valence-corrected chi connectivity index (χ0v) is 17.5. The summed E-state index contributed by atoms with van der Waals surface area (Å²) < 4.78 is 7.15. The Hall–Kier alpha value is -3.53. The molecule has 0 amide bonds. The van der Waals surface area contributed by atoms with E-state index in [1.807, 2.05) is 50.2 Å². The second kappa shape index (κ2) is 8.07. The molecule has 4 rings (SSSR count). The molecule has 0 unspecified atom stereocenters. The van der Waals surface area contributed by atoms with Gasteiger partial charge in [0.15, 0.2) is 0 Å². The monoisotopic (exact) mass is 399 g/mol. The first-order chi connectivity index (χ1) is 14.5. The third kappa shape index (κ3) is 3.45. The molecule has 1 heterocycles. The molecule has 0 aliphatic heterocycles. The number of para-hydroxylation sites is 1. The van der Waals surface area contributed by atoms with Crippen molar-refractivity contribution in [3.05, 3.63) is 89.0 Å². The van der Waals surface area contributed by atoms with Crippen LogP contribution in [-0.4, -0.2) is 22.8 Å². The fourth-order valence-corrected chi connectivity index (χ4v) is 4.04. The second-order valence-corrected chi connectivity index (χ2v) is 7.71. The molecule has 0 aliphatic rings. The van der Waals surface area contributed by atoms with Gasteiger partial charge in [0.25, 0.3) is 0 Å². The molecule has 0 spiro atoms. The summed E-state index contributed by atoms with van der Waals surface area (Å²) in [5, 5.41) is 12.9. The number of aromatic nitrogens is 1. The number of fused-ring (bicyclic) bond motifs is 3. The van der Waals surface area contributed by atoms with Crippen molar-refractivity contribution >= 4 is 27.8 Å². The molecule has 0 bridgehead atoms. The molecule has 0 saturated carbocycles. The number of allylic oxidation sites excluding steroid dienone is 2. The highest BCUT2D eigenvalue weighted by molar-refractivity contribution is 6.14. The van der Waals surface area contributed by atoms with Crippen LogP contribution in [0.4, 0.5) is 0 Å². The lowest BCUT2D eigenvalue weighted by atomic mass is 9.96. The summed E-state index contributed by atoms with van der Waals surface area (Å²) in [6.07, 6.45) is 2.68. The molecule has 4 heteroatoms. The summed E-state index contributed by atoms with van der Waals surface area (Å²) >= 11 is 0. The van der Waals surface area contributed by atoms with Gasteiger partial charge in [-0.25, -0.2) is 4.79 Å². The fraction of sp³-hybridized carbons (Fsp3) is 0.192. The minimum atomic E-state index is -0.441. The molecule has 1 N–H and O–H groups in total. The van der Waals surface area contributed by atoms with E-state index in [4.69, 9.17) is 4.74 Å². The van der Waals surface area contributed by atoms with Gasteiger partial charge >= 0.3 is 5.97 Å². The van der Waals surface area contributed by atoms with Crippen molar-refractivity contribution in [2.75, 3.05) is 7.11 Å². The number of rotatable bonds is 5. The maximum atomic E-state index is 12.5. The number of hydrogen-bond acceptors (Lipinski definition) is 3. The Labute approximate surface area is 176 Å². The van der Waals surface area contributed by atoms with E-state index in [1.165, 1.54) is 12.7 Å². The molecular weight excluding hydrogens is 374 g/mol. The number of carbonyl (C=O) groups is 1. The van der Waals surface area contributed by atoms with Crippen LogP contribution in [0.25, 0.3) is 21.8 Å². The molecule has 0 radical (unpaired) electrons. The highest BCUT2D eigenvalue weighted by atomic mass is 16.5. The van der Waals surface area contributed by atoms with Crippen molar-refractivity contribution in [3.63, 3.8) is 0 Å².